The van der Waals surface area contributed by atoms with E-state index in [2.05, 4.69) is 27.0 Å². The number of nitrogens with two attached hydrogens (primary N) is 1. The van der Waals surface area contributed by atoms with Crippen LogP contribution in [-0.4, -0.2) is 39.6 Å². The number of rotatable bonds is 3. The third-order valence-corrected chi connectivity index (χ3v) is 6.82. The topological polar surface area (TPSA) is 88.6 Å². The molecule has 3 heterocycles. The molecule has 0 bridgehead atoms. The summed E-state index contributed by atoms with van der Waals surface area (Å²) in [6.45, 7) is 3.39. The summed E-state index contributed by atoms with van der Waals surface area (Å²) < 4.78 is 41.1. The Labute approximate surface area is 227 Å². The lowest BCUT2D eigenvalue weighted by atomic mass is 10.0. The van der Waals surface area contributed by atoms with Gasteiger partial charge in [0.1, 0.15) is 11.5 Å². The molecule has 1 fully saturated rings. The number of alkyl halides is 3. The molecule has 4 aromatic rings. The van der Waals surface area contributed by atoms with Gasteiger partial charge in [0.25, 0.3) is 5.91 Å². The van der Waals surface area contributed by atoms with Crippen molar-refractivity contribution in [2.45, 2.75) is 32.0 Å². The van der Waals surface area contributed by atoms with Crippen LogP contribution in [0.15, 0.2) is 54.7 Å². The van der Waals surface area contributed by atoms with Gasteiger partial charge in [-0.1, -0.05) is 23.6 Å². The van der Waals surface area contributed by atoms with Crippen molar-refractivity contribution >= 4 is 34.7 Å². The van der Waals surface area contributed by atoms with Gasteiger partial charge in [0, 0.05) is 41.0 Å². The summed E-state index contributed by atoms with van der Waals surface area (Å²) in [5.74, 6) is 6.41. The molecule has 200 valence electrons. The lowest BCUT2D eigenvalue weighted by Gasteiger charge is -2.30. The van der Waals surface area contributed by atoms with Crippen molar-refractivity contribution in [3.05, 3.63) is 87.7 Å². The number of halogens is 4. The van der Waals surface area contributed by atoms with E-state index in [0.29, 0.717) is 22.5 Å². The molecule has 0 saturated carbocycles. The highest BCUT2D eigenvalue weighted by Crippen LogP contribution is 2.33. The fraction of sp³-hybridized carbons (Fsp3) is 0.250. The number of hydrogen-bond donors (Lipinski definition) is 2. The zero-order valence-corrected chi connectivity index (χ0v) is 21.6. The molecule has 0 spiro atoms. The van der Waals surface area contributed by atoms with E-state index in [1.165, 1.54) is 6.07 Å². The summed E-state index contributed by atoms with van der Waals surface area (Å²) in [6.07, 6.45) is -1.15. The lowest BCUT2D eigenvalue weighted by molar-refractivity contribution is -0.137. The normalized spacial score (nSPS) is 14.3. The average molecular weight is 553 g/mol. The van der Waals surface area contributed by atoms with E-state index in [1.54, 1.807) is 35.8 Å². The number of amides is 1. The van der Waals surface area contributed by atoms with E-state index >= 15 is 0 Å². The van der Waals surface area contributed by atoms with Crippen molar-refractivity contribution in [2.24, 2.45) is 5.73 Å². The number of anilines is 2. The van der Waals surface area contributed by atoms with Crippen LogP contribution in [0.5, 0.6) is 0 Å². The molecular weight excluding hydrogens is 529 g/mol. The molecule has 39 heavy (non-hydrogen) atoms. The van der Waals surface area contributed by atoms with Gasteiger partial charge in [0.05, 0.1) is 11.8 Å². The Bertz CT molecular complexity index is 1610. The van der Waals surface area contributed by atoms with Crippen molar-refractivity contribution < 1.29 is 18.0 Å². The van der Waals surface area contributed by atoms with E-state index < -0.39 is 17.6 Å². The highest BCUT2D eigenvalue weighted by Gasteiger charge is 2.31. The highest BCUT2D eigenvalue weighted by atomic mass is 35.5. The molecule has 1 aliphatic heterocycles. The Morgan fingerprint density at radius 1 is 1.13 bits per heavy atom. The third-order valence-electron chi connectivity index (χ3n) is 6.60. The molecule has 0 atom stereocenters. The first-order valence-corrected chi connectivity index (χ1v) is 12.6. The van der Waals surface area contributed by atoms with Crippen molar-refractivity contribution in [2.75, 3.05) is 23.3 Å². The van der Waals surface area contributed by atoms with Gasteiger partial charge in [-0.25, -0.2) is 9.50 Å². The largest absolute Gasteiger partial charge is 0.416 e. The second-order valence-corrected chi connectivity index (χ2v) is 9.77. The minimum absolute atomic E-state index is 0.0565. The second kappa shape index (κ2) is 10.6. The minimum atomic E-state index is -4.59. The van der Waals surface area contributed by atoms with Crippen LogP contribution in [0.2, 0.25) is 5.02 Å². The minimum Gasteiger partial charge on any atom is -0.355 e. The number of hydrogen-bond acceptors (Lipinski definition) is 5. The van der Waals surface area contributed by atoms with Crippen molar-refractivity contribution in [3.8, 4) is 11.8 Å². The maximum atomic E-state index is 13.2. The van der Waals surface area contributed by atoms with Crippen LogP contribution in [0.1, 0.15) is 45.6 Å². The summed E-state index contributed by atoms with van der Waals surface area (Å²) in [5.41, 5.74) is 7.69. The van der Waals surface area contributed by atoms with Crippen molar-refractivity contribution in [1.29, 1.82) is 0 Å². The number of benzene rings is 2. The maximum Gasteiger partial charge on any atom is 0.416 e. The summed E-state index contributed by atoms with van der Waals surface area (Å²) >= 11 is 5.84. The zero-order valence-electron chi connectivity index (χ0n) is 20.9. The van der Waals surface area contributed by atoms with Crippen LogP contribution in [0.25, 0.3) is 5.65 Å². The Morgan fingerprint density at radius 2 is 1.90 bits per heavy atom. The first kappa shape index (κ1) is 26.5. The first-order valence-electron chi connectivity index (χ1n) is 12.2. The summed E-state index contributed by atoms with van der Waals surface area (Å²) in [4.78, 5) is 19.5. The molecular formula is C28H24ClF3N6O. The van der Waals surface area contributed by atoms with E-state index in [4.69, 9.17) is 22.4 Å². The molecule has 0 aliphatic carbocycles. The molecule has 0 unspecified atom stereocenters. The number of imidazole rings is 1. The van der Waals surface area contributed by atoms with E-state index in [-0.39, 0.29) is 22.3 Å². The molecule has 1 saturated heterocycles. The number of nitrogens with zero attached hydrogens (tertiary/aromatic N) is 4. The van der Waals surface area contributed by atoms with Crippen LogP contribution in [-0.2, 0) is 6.18 Å². The molecule has 0 radical (unpaired) electrons. The number of nitrogens with one attached hydrogen (secondary N) is 1. The monoisotopic (exact) mass is 552 g/mol. The maximum absolute atomic E-state index is 13.2. The molecule has 1 amide bonds. The van der Waals surface area contributed by atoms with Crippen LogP contribution < -0.4 is 16.0 Å². The molecule has 2 aromatic heterocycles. The van der Waals surface area contributed by atoms with Crippen molar-refractivity contribution in [1.82, 2.24) is 14.6 Å². The number of fused-ring (bicyclic) bond motifs is 1. The van der Waals surface area contributed by atoms with Crippen LogP contribution in [0, 0.1) is 18.8 Å². The Hall–Kier alpha value is -4.07. The summed E-state index contributed by atoms with van der Waals surface area (Å²) in [7, 11) is 0. The van der Waals surface area contributed by atoms with Gasteiger partial charge >= 0.3 is 6.18 Å². The van der Waals surface area contributed by atoms with Gasteiger partial charge < -0.3 is 16.0 Å². The van der Waals surface area contributed by atoms with Gasteiger partial charge in [-0.3, -0.25) is 4.79 Å². The van der Waals surface area contributed by atoms with Gasteiger partial charge in [0.15, 0.2) is 5.65 Å². The molecule has 11 heteroatoms. The molecule has 7 nitrogen and oxygen atoms in total. The van der Waals surface area contributed by atoms with Crippen LogP contribution in [0.3, 0.4) is 0 Å². The average Bonchev–Trinajstić information content (AvgIpc) is 3.30. The quantitative estimate of drug-likeness (QED) is 0.337. The van der Waals surface area contributed by atoms with E-state index in [1.807, 2.05) is 12.1 Å². The van der Waals surface area contributed by atoms with Gasteiger partial charge in [-0.15, -0.1) is 5.10 Å². The fourth-order valence-corrected chi connectivity index (χ4v) is 4.65. The van der Waals surface area contributed by atoms with Gasteiger partial charge in [-0.2, -0.15) is 13.2 Å². The number of piperidine rings is 1. The van der Waals surface area contributed by atoms with Gasteiger partial charge in [-0.05, 0) is 73.7 Å². The van der Waals surface area contributed by atoms with Crippen molar-refractivity contribution in [3.63, 3.8) is 0 Å². The zero-order chi connectivity index (χ0) is 27.7. The third kappa shape index (κ3) is 5.85. The fourth-order valence-electron chi connectivity index (χ4n) is 4.42. The molecule has 1 aliphatic rings. The summed E-state index contributed by atoms with van der Waals surface area (Å²) in [5, 5.41) is 7.10. The predicted octanol–water partition coefficient (Wildman–Crippen LogP) is 5.29. The molecule has 5 rings (SSSR count). The van der Waals surface area contributed by atoms with Crippen LogP contribution >= 0.6 is 11.6 Å². The SMILES string of the molecule is Cc1c(C#Cc2cnc3ccc(N4CCC(N)CC4)nn23)cccc1C(=O)Nc1cc(Cl)cc(C(F)(F)F)c1. The van der Waals surface area contributed by atoms with Gasteiger partial charge in [0.2, 0.25) is 0 Å². The Morgan fingerprint density at radius 3 is 2.64 bits per heavy atom. The standard InChI is InChI=1S/C28H24ClF3N6O/c1-17-18(3-2-4-24(17)27(39)35-22-14-19(28(30,31)32)13-20(29)15-22)5-6-23-16-34-25-7-8-26(36-38(23)25)37-11-9-21(33)10-12-37/h2-4,7-8,13-16,21H,9-12,33H2,1H3,(H,35,39). The Balaban J connectivity index is 1.39. The predicted molar refractivity (Wildman–Crippen MR) is 144 cm³/mol. The molecule has 2 aromatic carbocycles. The van der Waals surface area contributed by atoms with Crippen LogP contribution in [0.4, 0.5) is 24.7 Å². The Kier molecular flexibility index (Phi) is 7.21. The molecule has 3 N–H and O–H groups in total. The highest BCUT2D eigenvalue weighted by molar-refractivity contribution is 6.31. The number of carbonyl (C=O) groups is 1. The number of aromatic nitrogens is 3. The summed E-state index contributed by atoms with van der Waals surface area (Å²) in [6, 6.07) is 11.9. The number of carbonyl (C=O) groups excluding carboxylic acids is 1. The lowest BCUT2D eigenvalue weighted by Crippen LogP contribution is -2.40. The first-order chi connectivity index (χ1) is 18.6. The van der Waals surface area contributed by atoms with E-state index in [9.17, 15) is 18.0 Å². The second-order valence-electron chi connectivity index (χ2n) is 9.34. The van der Waals surface area contributed by atoms with E-state index in [0.717, 1.165) is 43.9 Å². The smallest absolute Gasteiger partial charge is 0.355 e.